The molecule has 1 fully saturated rings. The van der Waals surface area contributed by atoms with Crippen LogP contribution in [0.25, 0.3) is 6.08 Å². The van der Waals surface area contributed by atoms with E-state index in [2.05, 4.69) is 4.98 Å². The molecule has 1 atom stereocenters. The molecule has 0 radical (unpaired) electrons. The molecule has 0 bridgehead atoms. The Morgan fingerprint density at radius 2 is 2.07 bits per heavy atom. The summed E-state index contributed by atoms with van der Waals surface area (Å²) >= 11 is 0. The lowest BCUT2D eigenvalue weighted by Gasteiger charge is -2.30. The van der Waals surface area contributed by atoms with Crippen molar-refractivity contribution in [2.24, 2.45) is 0 Å². The van der Waals surface area contributed by atoms with Crippen molar-refractivity contribution in [3.8, 4) is 5.75 Å². The zero-order chi connectivity index (χ0) is 19.1. The Morgan fingerprint density at radius 1 is 1.26 bits per heavy atom. The molecule has 7 heteroatoms. The van der Waals surface area contributed by atoms with Gasteiger partial charge >= 0.3 is 5.97 Å². The second-order valence-electron chi connectivity index (χ2n) is 5.99. The first kappa shape index (κ1) is 18.6. The smallest absolute Gasteiger partial charge is 0.334 e. The van der Waals surface area contributed by atoms with E-state index in [9.17, 15) is 9.59 Å². The molecule has 1 aromatic carbocycles. The first-order valence-corrected chi connectivity index (χ1v) is 8.56. The molecule has 1 aliphatic rings. The number of carboxylic acid groups (broad SMARTS) is 1. The molecule has 1 N–H and O–H groups in total. The molecular weight excluding hydrogens is 348 g/mol. The van der Waals surface area contributed by atoms with Crippen LogP contribution in [0.15, 0.2) is 54.7 Å². The molecule has 1 aromatic heterocycles. The van der Waals surface area contributed by atoms with Gasteiger partial charge in [0.2, 0.25) is 5.91 Å². The highest BCUT2D eigenvalue weighted by atomic mass is 16.5. The fourth-order valence-corrected chi connectivity index (χ4v) is 2.59. The third-order valence-corrected chi connectivity index (χ3v) is 4.06. The van der Waals surface area contributed by atoms with Crippen LogP contribution in [0.4, 0.5) is 0 Å². The fourth-order valence-electron chi connectivity index (χ4n) is 2.59. The normalized spacial score (nSPS) is 17.0. The van der Waals surface area contributed by atoms with Gasteiger partial charge in [-0.25, -0.2) is 4.79 Å². The van der Waals surface area contributed by atoms with Gasteiger partial charge in [0.05, 0.1) is 18.8 Å². The van der Waals surface area contributed by atoms with Gasteiger partial charge in [0.15, 0.2) is 6.10 Å². The molecule has 2 aromatic rings. The van der Waals surface area contributed by atoms with Gasteiger partial charge in [0.1, 0.15) is 12.4 Å². The van der Waals surface area contributed by atoms with E-state index < -0.39 is 12.1 Å². The Bertz CT molecular complexity index is 805. The van der Waals surface area contributed by atoms with Gasteiger partial charge in [-0.15, -0.1) is 0 Å². The van der Waals surface area contributed by atoms with Crippen LogP contribution >= 0.6 is 0 Å². The zero-order valence-corrected chi connectivity index (χ0v) is 14.7. The Labute approximate surface area is 156 Å². The molecule has 3 rings (SSSR count). The van der Waals surface area contributed by atoms with Crippen LogP contribution in [0.5, 0.6) is 5.75 Å². The molecule has 140 valence electrons. The maximum atomic E-state index is 12.2. The second kappa shape index (κ2) is 8.95. The van der Waals surface area contributed by atoms with Gasteiger partial charge in [0.25, 0.3) is 0 Å². The van der Waals surface area contributed by atoms with Gasteiger partial charge in [0, 0.05) is 18.8 Å². The number of aromatic nitrogens is 1. The minimum absolute atomic E-state index is 0.0544. The highest BCUT2D eigenvalue weighted by Crippen LogP contribution is 2.15. The molecule has 1 saturated heterocycles. The summed E-state index contributed by atoms with van der Waals surface area (Å²) in [5.41, 5.74) is 1.69. The van der Waals surface area contributed by atoms with E-state index in [4.69, 9.17) is 14.6 Å². The number of carbonyl (C=O) groups excluding carboxylic acids is 1. The Hall–Kier alpha value is -3.19. The van der Waals surface area contributed by atoms with E-state index in [1.807, 2.05) is 42.5 Å². The number of carboxylic acids is 1. The first-order chi connectivity index (χ1) is 13.1. The lowest BCUT2D eigenvalue weighted by atomic mass is 10.2. The number of ether oxygens (including phenoxy) is 2. The monoisotopic (exact) mass is 368 g/mol. The number of nitrogens with zero attached hydrogens (tertiary/aromatic N) is 2. The van der Waals surface area contributed by atoms with E-state index in [0.29, 0.717) is 18.9 Å². The van der Waals surface area contributed by atoms with Gasteiger partial charge in [-0.1, -0.05) is 18.2 Å². The third kappa shape index (κ3) is 5.39. The van der Waals surface area contributed by atoms with Crippen molar-refractivity contribution in [2.45, 2.75) is 12.7 Å². The van der Waals surface area contributed by atoms with E-state index in [0.717, 1.165) is 11.3 Å². The highest BCUT2D eigenvalue weighted by molar-refractivity contribution is 5.92. The van der Waals surface area contributed by atoms with Crippen molar-refractivity contribution >= 4 is 18.0 Å². The molecule has 7 nitrogen and oxygen atoms in total. The molecule has 0 spiro atoms. The number of rotatable bonds is 6. The standard InChI is InChI=1S/C20H20N2O5/c23-19(22-11-12-26-18(13-22)20(24)25)9-6-15-4-7-17(8-5-15)27-14-16-3-1-2-10-21-16/h1-10,18H,11-14H2,(H,24,25)/b9-6+. The summed E-state index contributed by atoms with van der Waals surface area (Å²) in [5.74, 6) is -0.584. The van der Waals surface area contributed by atoms with Gasteiger partial charge in [-0.3, -0.25) is 9.78 Å². The summed E-state index contributed by atoms with van der Waals surface area (Å²) in [5, 5.41) is 8.99. The number of benzene rings is 1. The molecule has 1 unspecified atom stereocenters. The van der Waals surface area contributed by atoms with Crippen molar-refractivity contribution in [3.05, 3.63) is 66.0 Å². The topological polar surface area (TPSA) is 89.0 Å². The predicted octanol–water partition coefficient (Wildman–Crippen LogP) is 1.99. The SMILES string of the molecule is O=C(O)C1CN(C(=O)/C=C/c2ccc(OCc3ccccn3)cc2)CCO1. The average molecular weight is 368 g/mol. The van der Waals surface area contributed by atoms with Crippen molar-refractivity contribution in [1.29, 1.82) is 0 Å². The number of amides is 1. The quantitative estimate of drug-likeness (QED) is 0.785. The maximum Gasteiger partial charge on any atom is 0.334 e. The summed E-state index contributed by atoms with van der Waals surface area (Å²) in [6.07, 6.45) is 3.88. The molecular formula is C20H20N2O5. The van der Waals surface area contributed by atoms with E-state index >= 15 is 0 Å². The predicted molar refractivity (Wildman–Crippen MR) is 98.0 cm³/mol. The van der Waals surface area contributed by atoms with Crippen LogP contribution in [-0.2, 0) is 20.9 Å². The van der Waals surface area contributed by atoms with E-state index in [-0.39, 0.29) is 19.1 Å². The van der Waals surface area contributed by atoms with Crippen LogP contribution in [0.3, 0.4) is 0 Å². The summed E-state index contributed by atoms with van der Waals surface area (Å²) in [6, 6.07) is 13.0. The molecule has 0 saturated carbocycles. The van der Waals surface area contributed by atoms with Crippen LogP contribution < -0.4 is 4.74 Å². The molecule has 1 amide bonds. The highest BCUT2D eigenvalue weighted by Gasteiger charge is 2.27. The van der Waals surface area contributed by atoms with Crippen molar-refractivity contribution in [1.82, 2.24) is 9.88 Å². The van der Waals surface area contributed by atoms with Gasteiger partial charge in [-0.2, -0.15) is 0 Å². The Balaban J connectivity index is 1.52. The van der Waals surface area contributed by atoms with E-state index in [1.165, 1.54) is 11.0 Å². The minimum atomic E-state index is -1.06. The Kier molecular flexibility index (Phi) is 6.17. The zero-order valence-electron chi connectivity index (χ0n) is 14.7. The number of hydrogen-bond donors (Lipinski definition) is 1. The molecule has 2 heterocycles. The third-order valence-electron chi connectivity index (χ3n) is 4.06. The average Bonchev–Trinajstić information content (AvgIpc) is 2.72. The summed E-state index contributed by atoms with van der Waals surface area (Å²) < 4.78 is 10.8. The fraction of sp³-hybridized carbons (Fsp3) is 0.250. The maximum absolute atomic E-state index is 12.2. The lowest BCUT2D eigenvalue weighted by molar-refractivity contribution is -0.158. The summed E-state index contributed by atoms with van der Waals surface area (Å²) in [4.78, 5) is 28.9. The second-order valence-corrected chi connectivity index (χ2v) is 5.99. The van der Waals surface area contributed by atoms with Gasteiger partial charge in [-0.05, 0) is 35.9 Å². The van der Waals surface area contributed by atoms with Gasteiger partial charge < -0.3 is 19.5 Å². The number of carbonyl (C=O) groups is 2. The van der Waals surface area contributed by atoms with Crippen LogP contribution in [0.1, 0.15) is 11.3 Å². The molecule has 0 aliphatic carbocycles. The van der Waals surface area contributed by atoms with Crippen molar-refractivity contribution in [2.75, 3.05) is 19.7 Å². The van der Waals surface area contributed by atoms with Crippen LogP contribution in [-0.4, -0.2) is 52.7 Å². The molecule has 27 heavy (non-hydrogen) atoms. The number of pyridine rings is 1. The summed E-state index contributed by atoms with van der Waals surface area (Å²) in [6.45, 7) is 1.04. The Morgan fingerprint density at radius 3 is 2.78 bits per heavy atom. The first-order valence-electron chi connectivity index (χ1n) is 8.56. The largest absolute Gasteiger partial charge is 0.487 e. The molecule has 1 aliphatic heterocycles. The lowest BCUT2D eigenvalue weighted by Crippen LogP contribution is -2.48. The number of aliphatic carboxylic acids is 1. The van der Waals surface area contributed by atoms with E-state index in [1.54, 1.807) is 12.3 Å². The number of morpholine rings is 1. The minimum Gasteiger partial charge on any atom is -0.487 e. The van der Waals surface area contributed by atoms with Crippen molar-refractivity contribution in [3.63, 3.8) is 0 Å². The van der Waals surface area contributed by atoms with Crippen LogP contribution in [0.2, 0.25) is 0 Å². The van der Waals surface area contributed by atoms with Crippen LogP contribution in [0, 0.1) is 0 Å². The van der Waals surface area contributed by atoms with Crippen molar-refractivity contribution < 1.29 is 24.2 Å². The summed E-state index contributed by atoms with van der Waals surface area (Å²) in [7, 11) is 0. The number of hydrogen-bond acceptors (Lipinski definition) is 5.